The third kappa shape index (κ3) is 4.60. The van der Waals surface area contributed by atoms with Gasteiger partial charge in [-0.1, -0.05) is 159 Å². The maximum atomic E-state index is 5.08. The van der Waals surface area contributed by atoms with Crippen LogP contribution < -0.4 is 10.2 Å². The third-order valence-corrected chi connectivity index (χ3v) is 9.25. The molecule has 1 aliphatic rings. The SMILES string of the molecule is Brc1ccc(C2NC(c3ccccc3)C(c3ccccc3)(c3ccccc3)N2c2ncc(-c3ccccc3)[nH]2)c(Br)c1. The van der Waals surface area contributed by atoms with Gasteiger partial charge >= 0.3 is 0 Å². The van der Waals surface area contributed by atoms with Gasteiger partial charge in [-0.25, -0.2) is 4.98 Å². The molecule has 5 aromatic carbocycles. The zero-order valence-corrected chi connectivity index (χ0v) is 25.8. The van der Waals surface area contributed by atoms with Crippen molar-refractivity contribution in [2.75, 3.05) is 4.90 Å². The second-order valence-corrected chi connectivity index (χ2v) is 12.2. The Bertz CT molecular complexity index is 1750. The lowest BCUT2D eigenvalue weighted by molar-refractivity contribution is 0.445. The molecule has 1 saturated heterocycles. The monoisotopic (exact) mass is 674 g/mol. The Balaban J connectivity index is 1.55. The summed E-state index contributed by atoms with van der Waals surface area (Å²) in [7, 11) is 0. The minimum Gasteiger partial charge on any atom is -0.324 e. The van der Waals surface area contributed by atoms with E-state index >= 15 is 0 Å². The molecule has 2 N–H and O–H groups in total. The molecule has 2 atom stereocenters. The van der Waals surface area contributed by atoms with E-state index in [9.17, 15) is 0 Å². The van der Waals surface area contributed by atoms with Crippen LogP contribution in [0.25, 0.3) is 11.3 Å². The summed E-state index contributed by atoms with van der Waals surface area (Å²) >= 11 is 7.55. The number of nitrogens with zero attached hydrogens (tertiary/aromatic N) is 2. The zero-order chi connectivity index (χ0) is 28.5. The molecular formula is C36H28Br2N4. The van der Waals surface area contributed by atoms with Crippen LogP contribution in [-0.4, -0.2) is 9.97 Å². The molecule has 206 valence electrons. The lowest BCUT2D eigenvalue weighted by Crippen LogP contribution is -2.47. The highest BCUT2D eigenvalue weighted by atomic mass is 79.9. The summed E-state index contributed by atoms with van der Waals surface area (Å²) in [5.74, 6) is 0.785. The largest absolute Gasteiger partial charge is 0.324 e. The van der Waals surface area contributed by atoms with Gasteiger partial charge < -0.3 is 9.88 Å². The van der Waals surface area contributed by atoms with Crippen LogP contribution in [-0.2, 0) is 5.54 Å². The van der Waals surface area contributed by atoms with E-state index in [-0.39, 0.29) is 12.2 Å². The molecule has 0 spiro atoms. The van der Waals surface area contributed by atoms with Gasteiger partial charge in [0.25, 0.3) is 0 Å². The van der Waals surface area contributed by atoms with Gasteiger partial charge in [-0.2, -0.15) is 0 Å². The van der Waals surface area contributed by atoms with Crippen molar-refractivity contribution in [3.63, 3.8) is 0 Å². The molecule has 0 radical (unpaired) electrons. The fraction of sp³-hybridized carbons (Fsp3) is 0.0833. The zero-order valence-electron chi connectivity index (χ0n) is 22.7. The summed E-state index contributed by atoms with van der Waals surface area (Å²) in [6, 6.07) is 49.0. The van der Waals surface area contributed by atoms with Crippen molar-refractivity contribution in [2.45, 2.75) is 17.7 Å². The van der Waals surface area contributed by atoms with Crippen molar-refractivity contribution in [3.05, 3.63) is 177 Å². The van der Waals surface area contributed by atoms with E-state index in [1.165, 1.54) is 16.7 Å². The first-order valence-electron chi connectivity index (χ1n) is 13.9. The predicted molar refractivity (Wildman–Crippen MR) is 177 cm³/mol. The van der Waals surface area contributed by atoms with Crippen LogP contribution in [0.4, 0.5) is 5.95 Å². The van der Waals surface area contributed by atoms with E-state index in [1.807, 2.05) is 12.3 Å². The van der Waals surface area contributed by atoms with Crippen LogP contribution in [0.3, 0.4) is 0 Å². The third-order valence-electron chi connectivity index (χ3n) is 8.07. The number of hydrogen-bond donors (Lipinski definition) is 2. The summed E-state index contributed by atoms with van der Waals surface area (Å²) < 4.78 is 2.03. The van der Waals surface area contributed by atoms with Gasteiger partial charge in [0, 0.05) is 14.5 Å². The van der Waals surface area contributed by atoms with Crippen LogP contribution in [0.5, 0.6) is 0 Å². The molecule has 7 rings (SSSR count). The Labute approximate surface area is 262 Å². The van der Waals surface area contributed by atoms with Crippen molar-refractivity contribution in [2.24, 2.45) is 0 Å². The molecule has 0 amide bonds. The number of rotatable bonds is 6. The van der Waals surface area contributed by atoms with E-state index in [0.717, 1.165) is 31.7 Å². The fourth-order valence-corrected chi connectivity index (χ4v) is 7.54. The maximum Gasteiger partial charge on any atom is 0.205 e. The first kappa shape index (κ1) is 26.9. The second-order valence-electron chi connectivity index (χ2n) is 10.4. The lowest BCUT2D eigenvalue weighted by atomic mass is 9.74. The van der Waals surface area contributed by atoms with Crippen LogP contribution in [0, 0.1) is 0 Å². The van der Waals surface area contributed by atoms with Crippen molar-refractivity contribution in [1.82, 2.24) is 15.3 Å². The summed E-state index contributed by atoms with van der Waals surface area (Å²) in [5, 5.41) is 4.09. The van der Waals surface area contributed by atoms with E-state index in [2.05, 4.69) is 181 Å². The molecule has 1 aliphatic heterocycles. The van der Waals surface area contributed by atoms with Gasteiger partial charge in [0.15, 0.2) is 0 Å². The molecule has 6 aromatic rings. The highest BCUT2D eigenvalue weighted by Gasteiger charge is 2.57. The minimum absolute atomic E-state index is 0.116. The van der Waals surface area contributed by atoms with Gasteiger partial charge in [-0.05, 0) is 34.4 Å². The number of hydrogen-bond acceptors (Lipinski definition) is 3. The topological polar surface area (TPSA) is 44.0 Å². The molecule has 6 heteroatoms. The Kier molecular flexibility index (Phi) is 7.28. The van der Waals surface area contributed by atoms with Crippen LogP contribution in [0.1, 0.15) is 34.5 Å². The number of imidazole rings is 1. The van der Waals surface area contributed by atoms with Crippen LogP contribution in [0.2, 0.25) is 0 Å². The molecule has 0 aliphatic carbocycles. The van der Waals surface area contributed by atoms with E-state index in [4.69, 9.17) is 4.98 Å². The normalized spacial score (nSPS) is 17.8. The molecular weight excluding hydrogens is 648 g/mol. The Morgan fingerprint density at radius 3 is 1.83 bits per heavy atom. The minimum atomic E-state index is -0.660. The molecule has 1 aromatic heterocycles. The molecule has 42 heavy (non-hydrogen) atoms. The maximum absolute atomic E-state index is 5.08. The number of anilines is 1. The first-order chi connectivity index (χ1) is 20.7. The molecule has 1 fully saturated rings. The van der Waals surface area contributed by atoms with E-state index in [0.29, 0.717) is 0 Å². The average Bonchev–Trinajstić information content (AvgIpc) is 3.67. The Hall–Kier alpha value is -3.97. The number of benzene rings is 5. The lowest BCUT2D eigenvalue weighted by Gasteiger charge is -2.44. The smallest absolute Gasteiger partial charge is 0.205 e. The van der Waals surface area contributed by atoms with Crippen LogP contribution >= 0.6 is 31.9 Å². The van der Waals surface area contributed by atoms with Gasteiger partial charge in [0.05, 0.1) is 17.9 Å². The first-order valence-corrected chi connectivity index (χ1v) is 15.5. The van der Waals surface area contributed by atoms with Crippen molar-refractivity contribution < 1.29 is 0 Å². The Morgan fingerprint density at radius 1 is 0.667 bits per heavy atom. The molecule has 0 bridgehead atoms. The average molecular weight is 676 g/mol. The van der Waals surface area contributed by atoms with Crippen molar-refractivity contribution >= 4 is 37.8 Å². The quantitative estimate of drug-likeness (QED) is 0.185. The van der Waals surface area contributed by atoms with Crippen LogP contribution in [0.15, 0.2) is 155 Å². The van der Waals surface area contributed by atoms with Gasteiger partial charge in [0.2, 0.25) is 5.95 Å². The highest BCUT2D eigenvalue weighted by molar-refractivity contribution is 9.11. The molecule has 0 saturated carbocycles. The van der Waals surface area contributed by atoms with Crippen molar-refractivity contribution in [1.29, 1.82) is 0 Å². The molecule has 2 heterocycles. The van der Waals surface area contributed by atoms with Gasteiger partial charge in [0.1, 0.15) is 11.7 Å². The predicted octanol–water partition coefficient (Wildman–Crippen LogP) is 9.40. The van der Waals surface area contributed by atoms with E-state index < -0.39 is 5.54 Å². The molecule has 4 nitrogen and oxygen atoms in total. The molecule has 2 unspecified atom stereocenters. The number of aromatic nitrogens is 2. The number of halogens is 2. The second kappa shape index (κ2) is 11.4. The summed E-state index contributed by atoms with van der Waals surface area (Å²) in [6.07, 6.45) is 1.71. The number of aromatic amines is 1. The summed E-state index contributed by atoms with van der Waals surface area (Å²) in [5.41, 5.74) is 6.06. The van der Waals surface area contributed by atoms with Gasteiger partial charge in [-0.15, -0.1) is 0 Å². The Morgan fingerprint density at radius 2 is 1.24 bits per heavy atom. The number of H-pyrrole nitrogens is 1. The van der Waals surface area contributed by atoms with Crippen molar-refractivity contribution in [3.8, 4) is 11.3 Å². The fourth-order valence-electron chi connectivity index (χ4n) is 6.28. The summed E-state index contributed by atoms with van der Waals surface area (Å²) in [6.45, 7) is 0. The van der Waals surface area contributed by atoms with Gasteiger partial charge in [-0.3, -0.25) is 5.32 Å². The standard InChI is InChI=1S/C36H28Br2N4/c37-29-21-22-30(31(38)23-29)34-41-33(26-15-7-2-8-16-26)36(27-17-9-3-10-18-27,28-19-11-4-12-20-28)42(34)35-39-24-32(40-35)25-13-5-1-6-14-25/h1-24,33-34,41H,(H,39,40). The number of nitrogens with one attached hydrogen (secondary N) is 2. The highest BCUT2D eigenvalue weighted by Crippen LogP contribution is 2.56. The van der Waals surface area contributed by atoms with E-state index in [1.54, 1.807) is 0 Å². The summed E-state index contributed by atoms with van der Waals surface area (Å²) in [4.78, 5) is 11.2.